The van der Waals surface area contributed by atoms with Crippen LogP contribution in [-0.2, 0) is 16.0 Å². The zero-order valence-electron chi connectivity index (χ0n) is 11.2. The van der Waals surface area contributed by atoms with Crippen molar-refractivity contribution in [3.8, 4) is 0 Å². The van der Waals surface area contributed by atoms with Gasteiger partial charge >= 0.3 is 5.97 Å². The molecular formula is C14H18BrNO3S. The minimum atomic E-state index is -0.786. The highest BCUT2D eigenvalue weighted by Gasteiger charge is 2.27. The average molecular weight is 360 g/mol. The van der Waals surface area contributed by atoms with Gasteiger partial charge in [0.05, 0.1) is 9.70 Å². The lowest BCUT2D eigenvalue weighted by Gasteiger charge is -2.30. The lowest BCUT2D eigenvalue weighted by molar-refractivity contribution is -0.145. The Morgan fingerprint density at radius 1 is 1.45 bits per heavy atom. The summed E-state index contributed by atoms with van der Waals surface area (Å²) in [5.41, 5.74) is 0. The molecule has 0 spiro atoms. The summed E-state index contributed by atoms with van der Waals surface area (Å²) in [5, 5.41) is 9.02. The van der Waals surface area contributed by atoms with Crippen molar-refractivity contribution < 1.29 is 14.7 Å². The van der Waals surface area contributed by atoms with Gasteiger partial charge in [0.25, 0.3) is 0 Å². The van der Waals surface area contributed by atoms with E-state index in [1.807, 2.05) is 6.07 Å². The van der Waals surface area contributed by atoms with E-state index in [4.69, 9.17) is 5.11 Å². The predicted molar refractivity (Wildman–Crippen MR) is 81.9 cm³/mol. The third kappa shape index (κ3) is 4.31. The number of piperidine rings is 1. The highest BCUT2D eigenvalue weighted by atomic mass is 79.9. The summed E-state index contributed by atoms with van der Waals surface area (Å²) < 4.78 is 1.11. The van der Waals surface area contributed by atoms with Crippen molar-refractivity contribution in [1.29, 1.82) is 0 Å². The molecule has 1 aromatic heterocycles. The Kier molecular flexibility index (Phi) is 5.60. The second-order valence-electron chi connectivity index (χ2n) is 5.08. The molecule has 1 amide bonds. The van der Waals surface area contributed by atoms with Crippen molar-refractivity contribution in [2.75, 3.05) is 13.1 Å². The van der Waals surface area contributed by atoms with Crippen molar-refractivity contribution in [3.05, 3.63) is 20.8 Å². The van der Waals surface area contributed by atoms with E-state index in [9.17, 15) is 9.59 Å². The molecule has 0 bridgehead atoms. The third-order valence-electron chi connectivity index (χ3n) is 3.57. The third-order valence-corrected chi connectivity index (χ3v) is 5.25. The van der Waals surface area contributed by atoms with Gasteiger partial charge in [0.2, 0.25) is 5.91 Å². The van der Waals surface area contributed by atoms with Crippen LogP contribution in [0.3, 0.4) is 0 Å². The Hall–Kier alpha value is -0.880. The van der Waals surface area contributed by atoms with Gasteiger partial charge in [-0.05, 0) is 53.7 Å². The van der Waals surface area contributed by atoms with Crippen molar-refractivity contribution in [3.63, 3.8) is 0 Å². The van der Waals surface area contributed by atoms with E-state index in [1.54, 1.807) is 16.2 Å². The molecule has 1 aliphatic rings. The van der Waals surface area contributed by atoms with Gasteiger partial charge < -0.3 is 10.0 Å². The molecule has 6 heteroatoms. The summed E-state index contributed by atoms with van der Waals surface area (Å²) in [6.45, 7) is 1.08. The second kappa shape index (κ2) is 7.22. The highest BCUT2D eigenvalue weighted by molar-refractivity contribution is 9.11. The van der Waals surface area contributed by atoms with E-state index in [0.717, 1.165) is 23.0 Å². The molecule has 1 aliphatic heterocycles. The SMILES string of the molecule is O=C(O)[C@H]1CCCN(C(=O)CCCc2ccc(Br)s2)C1. The topological polar surface area (TPSA) is 57.6 Å². The minimum Gasteiger partial charge on any atom is -0.481 e. The number of hydrogen-bond donors (Lipinski definition) is 1. The van der Waals surface area contributed by atoms with Crippen LogP contribution in [0.5, 0.6) is 0 Å². The maximum absolute atomic E-state index is 12.1. The van der Waals surface area contributed by atoms with Gasteiger partial charge in [0, 0.05) is 24.4 Å². The Balaban J connectivity index is 1.75. The highest BCUT2D eigenvalue weighted by Crippen LogP contribution is 2.24. The van der Waals surface area contributed by atoms with E-state index in [1.165, 1.54) is 4.88 Å². The first kappa shape index (κ1) is 15.5. The number of carbonyl (C=O) groups excluding carboxylic acids is 1. The number of carbonyl (C=O) groups is 2. The van der Waals surface area contributed by atoms with Crippen LogP contribution < -0.4 is 0 Å². The van der Waals surface area contributed by atoms with Crippen LogP contribution in [0.2, 0.25) is 0 Å². The lowest BCUT2D eigenvalue weighted by atomic mass is 9.98. The zero-order chi connectivity index (χ0) is 14.5. The van der Waals surface area contributed by atoms with Crippen molar-refractivity contribution in [2.45, 2.75) is 32.1 Å². The van der Waals surface area contributed by atoms with Crippen LogP contribution in [0, 0.1) is 5.92 Å². The largest absolute Gasteiger partial charge is 0.481 e. The molecule has 1 aromatic rings. The van der Waals surface area contributed by atoms with Gasteiger partial charge in [0.15, 0.2) is 0 Å². The number of aryl methyl sites for hydroxylation is 1. The minimum absolute atomic E-state index is 0.0894. The van der Waals surface area contributed by atoms with Crippen molar-refractivity contribution in [1.82, 2.24) is 4.90 Å². The van der Waals surface area contributed by atoms with Gasteiger partial charge in [-0.2, -0.15) is 0 Å². The smallest absolute Gasteiger partial charge is 0.308 e. The van der Waals surface area contributed by atoms with Crippen molar-refractivity contribution in [2.24, 2.45) is 5.92 Å². The number of rotatable bonds is 5. The summed E-state index contributed by atoms with van der Waals surface area (Å²) in [4.78, 5) is 26.1. The fourth-order valence-electron chi connectivity index (χ4n) is 2.46. The predicted octanol–water partition coefficient (Wildman–Crippen LogP) is 3.16. The lowest BCUT2D eigenvalue weighted by Crippen LogP contribution is -2.42. The summed E-state index contributed by atoms with van der Waals surface area (Å²) in [6, 6.07) is 4.09. The molecule has 110 valence electrons. The molecular weight excluding hydrogens is 342 g/mol. The maximum atomic E-state index is 12.1. The molecule has 20 heavy (non-hydrogen) atoms. The first-order valence-electron chi connectivity index (χ1n) is 6.81. The fourth-order valence-corrected chi connectivity index (χ4v) is 3.99. The van der Waals surface area contributed by atoms with Crippen LogP contribution in [-0.4, -0.2) is 35.0 Å². The molecule has 1 fully saturated rings. The van der Waals surface area contributed by atoms with Crippen LogP contribution >= 0.6 is 27.3 Å². The molecule has 1 N–H and O–H groups in total. The van der Waals surface area contributed by atoms with E-state index >= 15 is 0 Å². The van der Waals surface area contributed by atoms with Gasteiger partial charge in [-0.3, -0.25) is 9.59 Å². The Morgan fingerprint density at radius 2 is 2.25 bits per heavy atom. The second-order valence-corrected chi connectivity index (χ2v) is 7.62. The molecule has 0 unspecified atom stereocenters. The van der Waals surface area contributed by atoms with Crippen LogP contribution in [0.1, 0.15) is 30.6 Å². The summed E-state index contributed by atoms with van der Waals surface area (Å²) >= 11 is 5.12. The first-order chi connectivity index (χ1) is 9.56. The van der Waals surface area contributed by atoms with Gasteiger partial charge in [0.1, 0.15) is 0 Å². The number of likely N-dealkylation sites (tertiary alicyclic amines) is 1. The number of carboxylic acid groups (broad SMARTS) is 1. The zero-order valence-corrected chi connectivity index (χ0v) is 13.6. The Labute approximate surface area is 130 Å². The monoisotopic (exact) mass is 359 g/mol. The number of nitrogens with zero attached hydrogens (tertiary/aromatic N) is 1. The molecule has 0 aliphatic carbocycles. The average Bonchev–Trinajstić information content (AvgIpc) is 2.84. The van der Waals surface area contributed by atoms with E-state index < -0.39 is 5.97 Å². The fraction of sp³-hybridized carbons (Fsp3) is 0.571. The van der Waals surface area contributed by atoms with E-state index in [2.05, 4.69) is 22.0 Å². The normalized spacial score (nSPS) is 19.1. The standard InChI is InChI=1S/C14H18BrNO3S/c15-12-7-6-11(20-12)4-1-5-13(17)16-8-2-3-10(9-16)14(18)19/h6-7,10H,1-5,8-9H2,(H,18,19)/t10-/m0/s1. The number of thiophene rings is 1. The number of halogens is 1. The van der Waals surface area contributed by atoms with Crippen molar-refractivity contribution >= 4 is 39.1 Å². The van der Waals surface area contributed by atoms with Crippen LogP contribution in [0.25, 0.3) is 0 Å². The van der Waals surface area contributed by atoms with Crippen LogP contribution in [0.4, 0.5) is 0 Å². The Bertz CT molecular complexity index is 489. The Morgan fingerprint density at radius 3 is 2.90 bits per heavy atom. The van der Waals surface area contributed by atoms with Gasteiger partial charge in [-0.15, -0.1) is 11.3 Å². The van der Waals surface area contributed by atoms with Gasteiger partial charge in [-0.1, -0.05) is 0 Å². The van der Waals surface area contributed by atoms with E-state index in [0.29, 0.717) is 25.9 Å². The molecule has 1 saturated heterocycles. The molecule has 0 saturated carbocycles. The first-order valence-corrected chi connectivity index (χ1v) is 8.42. The van der Waals surface area contributed by atoms with E-state index in [-0.39, 0.29) is 11.8 Å². The number of amides is 1. The molecule has 4 nitrogen and oxygen atoms in total. The quantitative estimate of drug-likeness (QED) is 0.878. The summed E-state index contributed by atoms with van der Waals surface area (Å²) in [6.07, 6.45) is 3.70. The molecule has 0 aromatic carbocycles. The van der Waals surface area contributed by atoms with Gasteiger partial charge in [-0.25, -0.2) is 0 Å². The number of aliphatic carboxylic acids is 1. The molecule has 2 rings (SSSR count). The summed E-state index contributed by atoms with van der Waals surface area (Å²) in [7, 11) is 0. The number of hydrogen-bond acceptors (Lipinski definition) is 3. The number of carboxylic acids is 1. The maximum Gasteiger partial charge on any atom is 0.308 e. The summed E-state index contributed by atoms with van der Waals surface area (Å²) in [5.74, 6) is -1.08. The van der Waals surface area contributed by atoms with Crippen LogP contribution in [0.15, 0.2) is 15.9 Å². The molecule has 0 radical (unpaired) electrons. The molecule has 1 atom stereocenters. The molecule has 2 heterocycles.